The van der Waals surface area contributed by atoms with E-state index in [9.17, 15) is 0 Å². The van der Waals surface area contributed by atoms with Crippen molar-refractivity contribution in [2.45, 2.75) is 32.7 Å². The maximum atomic E-state index is 5.82. The van der Waals surface area contributed by atoms with Crippen LogP contribution in [0.4, 0.5) is 0 Å². The molecule has 1 aromatic rings. The molecule has 17 heavy (non-hydrogen) atoms. The Bertz CT molecular complexity index is 342. The standard InChI is InChI=1S/C14H20ClN.ClH/c1-4-14(2,3)16-11-5-6-12-7-9-13(15)10-8-12;/h5-10,16H,4,11H2,1-3H3;1H/b6-5+;. The molecule has 0 aliphatic carbocycles. The molecule has 1 rings (SSSR count). The van der Waals surface area contributed by atoms with E-state index < -0.39 is 0 Å². The Labute approximate surface area is 116 Å². The summed E-state index contributed by atoms with van der Waals surface area (Å²) in [6.45, 7) is 7.51. The molecule has 3 heteroatoms. The van der Waals surface area contributed by atoms with E-state index in [4.69, 9.17) is 11.6 Å². The van der Waals surface area contributed by atoms with Crippen molar-refractivity contribution in [3.8, 4) is 0 Å². The summed E-state index contributed by atoms with van der Waals surface area (Å²) in [6.07, 6.45) is 5.37. The topological polar surface area (TPSA) is 12.0 Å². The number of hydrogen-bond donors (Lipinski definition) is 1. The Kier molecular flexibility index (Phi) is 7.53. The van der Waals surface area contributed by atoms with E-state index in [1.54, 1.807) is 0 Å². The zero-order chi connectivity index (χ0) is 12.0. The lowest BCUT2D eigenvalue weighted by molar-refractivity contribution is 0.395. The molecule has 0 bridgehead atoms. The minimum absolute atomic E-state index is 0. The second-order valence-corrected chi connectivity index (χ2v) is 5.01. The van der Waals surface area contributed by atoms with Gasteiger partial charge in [-0.25, -0.2) is 0 Å². The fraction of sp³-hybridized carbons (Fsp3) is 0.429. The average Bonchev–Trinajstić information content (AvgIpc) is 2.27. The molecule has 0 fully saturated rings. The lowest BCUT2D eigenvalue weighted by atomic mass is 10.0. The summed E-state index contributed by atoms with van der Waals surface area (Å²) in [5, 5.41) is 4.26. The van der Waals surface area contributed by atoms with Gasteiger partial charge in [0.1, 0.15) is 0 Å². The van der Waals surface area contributed by atoms with Gasteiger partial charge in [-0.3, -0.25) is 0 Å². The zero-order valence-electron chi connectivity index (χ0n) is 10.7. The highest BCUT2D eigenvalue weighted by Gasteiger charge is 2.11. The summed E-state index contributed by atoms with van der Waals surface area (Å²) in [5.74, 6) is 0. The summed E-state index contributed by atoms with van der Waals surface area (Å²) in [7, 11) is 0. The Morgan fingerprint density at radius 1 is 1.24 bits per heavy atom. The normalized spacial score (nSPS) is 11.5. The molecule has 1 nitrogen and oxygen atoms in total. The molecule has 0 atom stereocenters. The molecule has 0 radical (unpaired) electrons. The van der Waals surface area contributed by atoms with E-state index in [1.807, 2.05) is 24.3 Å². The highest BCUT2D eigenvalue weighted by Crippen LogP contribution is 2.10. The first-order valence-electron chi connectivity index (χ1n) is 5.70. The van der Waals surface area contributed by atoms with Crippen LogP contribution in [0.15, 0.2) is 30.3 Å². The monoisotopic (exact) mass is 273 g/mol. The van der Waals surface area contributed by atoms with Gasteiger partial charge in [0, 0.05) is 17.1 Å². The Hall–Kier alpha value is -0.500. The second kappa shape index (κ2) is 7.75. The van der Waals surface area contributed by atoms with E-state index in [0.29, 0.717) is 0 Å². The van der Waals surface area contributed by atoms with Crippen LogP contribution in [-0.4, -0.2) is 12.1 Å². The Morgan fingerprint density at radius 2 is 1.82 bits per heavy atom. The van der Waals surface area contributed by atoms with Gasteiger partial charge in [-0.1, -0.05) is 42.8 Å². The highest BCUT2D eigenvalue weighted by atomic mass is 35.5. The minimum Gasteiger partial charge on any atom is -0.308 e. The van der Waals surface area contributed by atoms with Crippen LogP contribution in [0.1, 0.15) is 32.8 Å². The van der Waals surface area contributed by atoms with E-state index in [0.717, 1.165) is 18.0 Å². The quantitative estimate of drug-likeness (QED) is 0.830. The van der Waals surface area contributed by atoms with Gasteiger partial charge in [-0.15, -0.1) is 12.4 Å². The van der Waals surface area contributed by atoms with Crippen molar-refractivity contribution in [2.75, 3.05) is 6.54 Å². The number of rotatable bonds is 5. The smallest absolute Gasteiger partial charge is 0.0406 e. The zero-order valence-corrected chi connectivity index (χ0v) is 12.2. The number of benzene rings is 1. The summed E-state index contributed by atoms with van der Waals surface area (Å²) in [6, 6.07) is 7.85. The molecule has 0 saturated carbocycles. The van der Waals surface area contributed by atoms with E-state index in [2.05, 4.69) is 38.2 Å². The molecular formula is C14H21Cl2N. The molecular weight excluding hydrogens is 253 g/mol. The third kappa shape index (κ3) is 6.72. The summed E-state index contributed by atoms with van der Waals surface area (Å²) >= 11 is 5.82. The largest absolute Gasteiger partial charge is 0.308 e. The molecule has 0 amide bonds. The van der Waals surface area contributed by atoms with Crippen molar-refractivity contribution in [3.63, 3.8) is 0 Å². The maximum Gasteiger partial charge on any atom is 0.0406 e. The third-order valence-electron chi connectivity index (χ3n) is 2.76. The van der Waals surface area contributed by atoms with Crippen LogP contribution in [-0.2, 0) is 0 Å². The summed E-state index contributed by atoms with van der Waals surface area (Å²) < 4.78 is 0. The van der Waals surface area contributed by atoms with Gasteiger partial charge in [0.2, 0.25) is 0 Å². The van der Waals surface area contributed by atoms with E-state index in [1.165, 1.54) is 5.56 Å². The van der Waals surface area contributed by atoms with Crippen molar-refractivity contribution in [1.82, 2.24) is 5.32 Å². The fourth-order valence-electron chi connectivity index (χ4n) is 1.23. The van der Waals surface area contributed by atoms with Gasteiger partial charge in [0.25, 0.3) is 0 Å². The first-order valence-corrected chi connectivity index (χ1v) is 6.08. The SMILES string of the molecule is CCC(C)(C)NC/C=C/c1ccc(Cl)cc1.Cl. The summed E-state index contributed by atoms with van der Waals surface area (Å²) in [5.41, 5.74) is 1.39. The minimum atomic E-state index is 0. The van der Waals surface area contributed by atoms with Gasteiger partial charge in [-0.2, -0.15) is 0 Å². The van der Waals surface area contributed by atoms with Crippen LogP contribution in [0.3, 0.4) is 0 Å². The molecule has 1 N–H and O–H groups in total. The number of halogens is 2. The van der Waals surface area contributed by atoms with Crippen LogP contribution in [0.2, 0.25) is 5.02 Å². The van der Waals surface area contributed by atoms with Crippen molar-refractivity contribution < 1.29 is 0 Å². The molecule has 96 valence electrons. The second-order valence-electron chi connectivity index (χ2n) is 4.57. The van der Waals surface area contributed by atoms with Gasteiger partial charge in [0.05, 0.1) is 0 Å². The lowest BCUT2D eigenvalue weighted by Gasteiger charge is -2.23. The molecule has 0 unspecified atom stereocenters. The van der Waals surface area contributed by atoms with Crippen LogP contribution in [0.5, 0.6) is 0 Å². The highest BCUT2D eigenvalue weighted by molar-refractivity contribution is 6.30. The molecule has 1 aromatic carbocycles. The molecule has 0 saturated heterocycles. The van der Waals surface area contributed by atoms with Crippen LogP contribution in [0.25, 0.3) is 6.08 Å². The lowest BCUT2D eigenvalue weighted by Crippen LogP contribution is -2.38. The predicted molar refractivity (Wildman–Crippen MR) is 80.1 cm³/mol. The van der Waals surface area contributed by atoms with Crippen molar-refractivity contribution >= 4 is 30.1 Å². The van der Waals surface area contributed by atoms with Gasteiger partial charge in [-0.05, 0) is 38.0 Å². The van der Waals surface area contributed by atoms with Crippen LogP contribution in [0, 0.1) is 0 Å². The Morgan fingerprint density at radius 3 is 2.35 bits per heavy atom. The third-order valence-corrected chi connectivity index (χ3v) is 3.01. The number of hydrogen-bond acceptors (Lipinski definition) is 1. The fourth-order valence-corrected chi connectivity index (χ4v) is 1.36. The average molecular weight is 274 g/mol. The van der Waals surface area contributed by atoms with Crippen molar-refractivity contribution in [3.05, 3.63) is 40.9 Å². The van der Waals surface area contributed by atoms with Crippen LogP contribution < -0.4 is 5.32 Å². The van der Waals surface area contributed by atoms with Crippen molar-refractivity contribution in [2.24, 2.45) is 0 Å². The predicted octanol–water partition coefficient (Wildman–Crippen LogP) is 4.55. The van der Waals surface area contributed by atoms with Crippen molar-refractivity contribution in [1.29, 1.82) is 0 Å². The first kappa shape index (κ1) is 16.5. The number of nitrogens with one attached hydrogen (secondary N) is 1. The summed E-state index contributed by atoms with van der Waals surface area (Å²) in [4.78, 5) is 0. The van der Waals surface area contributed by atoms with E-state index >= 15 is 0 Å². The van der Waals surface area contributed by atoms with E-state index in [-0.39, 0.29) is 17.9 Å². The van der Waals surface area contributed by atoms with Gasteiger partial charge >= 0.3 is 0 Å². The maximum absolute atomic E-state index is 5.82. The molecule has 0 spiro atoms. The van der Waals surface area contributed by atoms with Gasteiger partial charge < -0.3 is 5.32 Å². The molecule has 0 heterocycles. The molecule has 0 aromatic heterocycles. The Balaban J connectivity index is 0.00000256. The molecule has 0 aliphatic rings. The molecule has 0 aliphatic heterocycles. The van der Waals surface area contributed by atoms with Crippen LogP contribution >= 0.6 is 24.0 Å². The van der Waals surface area contributed by atoms with Gasteiger partial charge in [0.15, 0.2) is 0 Å². The first-order chi connectivity index (χ1) is 7.53.